The highest BCUT2D eigenvalue weighted by Gasteiger charge is 2.21. The first-order valence-corrected chi connectivity index (χ1v) is 10.5. The van der Waals surface area contributed by atoms with Gasteiger partial charge in [0.05, 0.1) is 17.5 Å². The fraction of sp³-hybridized carbons (Fsp3) is 0.0800. The summed E-state index contributed by atoms with van der Waals surface area (Å²) < 4.78 is 2.04. The Balaban J connectivity index is 1.48. The van der Waals surface area contributed by atoms with Gasteiger partial charge in [-0.3, -0.25) is 9.78 Å². The quantitative estimate of drug-likeness (QED) is 0.371. The number of benzene rings is 2. The Hall–Kier alpha value is -3.74. The van der Waals surface area contributed by atoms with E-state index < -0.39 is 6.10 Å². The molecule has 5 aromatic rings. The topological polar surface area (TPSA) is 83.8 Å². The standard InChI is InChI=1S/C25H19ClN4O2/c26-18-9-7-16(8-10-18)14-30-15-20(19-5-1-2-6-22(19)30)24(32)25-28-13-21(29-25)23(31)17-4-3-11-27-12-17/h1-13,15,23,31H,14H2,(H,28,29). The SMILES string of the molecule is O=C(c1ncc(C(O)c2cccnc2)[nH]1)c1cn(Cc2ccc(Cl)cc2)c2ccccc12. The largest absolute Gasteiger partial charge is 0.382 e. The van der Waals surface area contributed by atoms with Crippen molar-refractivity contribution in [3.05, 3.63) is 119 Å². The van der Waals surface area contributed by atoms with Crippen molar-refractivity contribution in [1.82, 2.24) is 19.5 Å². The van der Waals surface area contributed by atoms with Crippen molar-refractivity contribution in [1.29, 1.82) is 0 Å². The molecule has 0 amide bonds. The predicted octanol–water partition coefficient (Wildman–Crippen LogP) is 4.77. The number of H-pyrrole nitrogens is 1. The number of hydrogen-bond acceptors (Lipinski definition) is 4. The molecule has 0 aliphatic heterocycles. The fourth-order valence-electron chi connectivity index (χ4n) is 3.78. The number of para-hydroxylation sites is 1. The van der Waals surface area contributed by atoms with Gasteiger partial charge < -0.3 is 14.7 Å². The van der Waals surface area contributed by atoms with Gasteiger partial charge in [-0.2, -0.15) is 0 Å². The van der Waals surface area contributed by atoms with Crippen molar-refractivity contribution in [3.63, 3.8) is 0 Å². The Morgan fingerprint density at radius 1 is 1.06 bits per heavy atom. The third-order valence-electron chi connectivity index (χ3n) is 5.40. The second-order valence-electron chi connectivity index (χ2n) is 7.52. The van der Waals surface area contributed by atoms with Gasteiger partial charge in [0.2, 0.25) is 5.78 Å². The molecule has 5 rings (SSSR count). The molecule has 1 unspecified atom stereocenters. The summed E-state index contributed by atoms with van der Waals surface area (Å²) in [7, 11) is 0. The number of rotatable bonds is 6. The lowest BCUT2D eigenvalue weighted by Crippen LogP contribution is -2.05. The summed E-state index contributed by atoms with van der Waals surface area (Å²) in [4.78, 5) is 24.6. The van der Waals surface area contributed by atoms with Gasteiger partial charge in [-0.1, -0.05) is 48.0 Å². The molecule has 0 saturated heterocycles. The van der Waals surface area contributed by atoms with E-state index in [0.29, 0.717) is 28.4 Å². The van der Waals surface area contributed by atoms with Gasteiger partial charge in [0.25, 0.3) is 0 Å². The number of fused-ring (bicyclic) bond motifs is 1. The van der Waals surface area contributed by atoms with E-state index in [0.717, 1.165) is 16.5 Å². The first-order chi connectivity index (χ1) is 15.6. The van der Waals surface area contributed by atoms with Gasteiger partial charge in [-0.05, 0) is 29.8 Å². The fourth-order valence-corrected chi connectivity index (χ4v) is 3.91. The van der Waals surface area contributed by atoms with Crippen LogP contribution in [0.15, 0.2) is 85.5 Å². The number of aromatic amines is 1. The van der Waals surface area contributed by atoms with E-state index in [-0.39, 0.29) is 11.6 Å². The third-order valence-corrected chi connectivity index (χ3v) is 5.66. The van der Waals surface area contributed by atoms with Gasteiger partial charge in [0.15, 0.2) is 5.82 Å². The minimum Gasteiger partial charge on any atom is -0.382 e. The van der Waals surface area contributed by atoms with Crippen LogP contribution < -0.4 is 0 Å². The van der Waals surface area contributed by atoms with Gasteiger partial charge in [-0.15, -0.1) is 0 Å². The first-order valence-electron chi connectivity index (χ1n) is 10.1. The number of pyridine rings is 1. The number of carbonyl (C=O) groups is 1. The molecule has 32 heavy (non-hydrogen) atoms. The Kier molecular flexibility index (Phi) is 5.31. The van der Waals surface area contributed by atoms with Gasteiger partial charge >= 0.3 is 0 Å². The number of aliphatic hydroxyl groups excluding tert-OH is 1. The number of aliphatic hydroxyl groups is 1. The molecule has 7 heteroatoms. The molecule has 1 atom stereocenters. The lowest BCUT2D eigenvalue weighted by Gasteiger charge is -2.07. The van der Waals surface area contributed by atoms with Crippen LogP contribution in [0.1, 0.15) is 39.1 Å². The molecule has 2 aromatic carbocycles. The number of imidazole rings is 1. The van der Waals surface area contributed by atoms with E-state index in [2.05, 4.69) is 15.0 Å². The van der Waals surface area contributed by atoms with Crippen LogP contribution in [0, 0.1) is 0 Å². The monoisotopic (exact) mass is 442 g/mol. The smallest absolute Gasteiger partial charge is 0.230 e. The van der Waals surface area contributed by atoms with Crippen LogP contribution in [0.3, 0.4) is 0 Å². The molecule has 158 valence electrons. The lowest BCUT2D eigenvalue weighted by atomic mass is 10.1. The van der Waals surface area contributed by atoms with Crippen LogP contribution in [0.2, 0.25) is 5.02 Å². The van der Waals surface area contributed by atoms with Crippen molar-refractivity contribution in [2.24, 2.45) is 0 Å². The average molecular weight is 443 g/mol. The van der Waals surface area contributed by atoms with Crippen LogP contribution in [0.5, 0.6) is 0 Å². The van der Waals surface area contributed by atoms with E-state index in [1.54, 1.807) is 24.5 Å². The Morgan fingerprint density at radius 2 is 1.88 bits per heavy atom. The van der Waals surface area contributed by atoms with Crippen LogP contribution >= 0.6 is 11.6 Å². The molecule has 2 N–H and O–H groups in total. The number of halogens is 1. The van der Waals surface area contributed by atoms with Crippen LogP contribution in [-0.4, -0.2) is 30.4 Å². The molecular formula is C25H19ClN4O2. The average Bonchev–Trinajstić information content (AvgIpc) is 3.46. The zero-order valence-corrected chi connectivity index (χ0v) is 17.7. The van der Waals surface area contributed by atoms with Gasteiger partial charge in [-0.25, -0.2) is 4.98 Å². The Bertz CT molecular complexity index is 1390. The molecular weight excluding hydrogens is 424 g/mol. The molecule has 0 fully saturated rings. The van der Waals surface area contributed by atoms with Crippen molar-refractivity contribution >= 4 is 28.3 Å². The van der Waals surface area contributed by atoms with Crippen molar-refractivity contribution in [3.8, 4) is 0 Å². The summed E-state index contributed by atoms with van der Waals surface area (Å²) in [5.74, 6) is -0.0574. The zero-order valence-electron chi connectivity index (χ0n) is 16.9. The highest BCUT2D eigenvalue weighted by atomic mass is 35.5. The second kappa shape index (κ2) is 8.42. The number of hydrogen-bond donors (Lipinski definition) is 2. The van der Waals surface area contributed by atoms with Crippen molar-refractivity contribution in [2.45, 2.75) is 12.6 Å². The number of nitrogens with one attached hydrogen (secondary N) is 1. The Labute approximate surface area is 189 Å². The number of nitrogens with zero attached hydrogens (tertiary/aromatic N) is 3. The summed E-state index contributed by atoms with van der Waals surface area (Å²) in [5.41, 5.74) is 3.63. The molecule has 0 spiro atoms. The minimum absolute atomic E-state index is 0.178. The van der Waals surface area contributed by atoms with Crippen molar-refractivity contribution < 1.29 is 9.90 Å². The third kappa shape index (κ3) is 3.82. The summed E-state index contributed by atoms with van der Waals surface area (Å²) in [6.45, 7) is 0.605. The highest BCUT2D eigenvalue weighted by molar-refractivity contribution is 6.30. The normalized spacial score (nSPS) is 12.2. The summed E-state index contributed by atoms with van der Waals surface area (Å²) in [6.07, 6.45) is 5.61. The Morgan fingerprint density at radius 3 is 2.66 bits per heavy atom. The number of carbonyl (C=O) groups excluding carboxylic acids is 1. The molecule has 0 aliphatic rings. The molecule has 3 aromatic heterocycles. The van der Waals surface area contributed by atoms with E-state index in [9.17, 15) is 9.90 Å². The highest BCUT2D eigenvalue weighted by Crippen LogP contribution is 2.26. The van der Waals surface area contributed by atoms with Crippen LogP contribution in [-0.2, 0) is 6.54 Å². The summed E-state index contributed by atoms with van der Waals surface area (Å²) in [6, 6.07) is 18.9. The minimum atomic E-state index is -0.941. The van der Waals surface area contributed by atoms with Gasteiger partial charge in [0, 0.05) is 46.6 Å². The molecule has 6 nitrogen and oxygen atoms in total. The van der Waals surface area contributed by atoms with E-state index in [4.69, 9.17) is 11.6 Å². The maximum absolute atomic E-state index is 13.3. The van der Waals surface area contributed by atoms with Crippen molar-refractivity contribution in [2.75, 3.05) is 0 Å². The number of aromatic nitrogens is 4. The van der Waals surface area contributed by atoms with E-state index >= 15 is 0 Å². The maximum Gasteiger partial charge on any atom is 0.230 e. The molecule has 0 aliphatic carbocycles. The van der Waals surface area contributed by atoms with E-state index in [1.165, 1.54) is 6.20 Å². The number of ketones is 1. The summed E-state index contributed by atoms with van der Waals surface area (Å²) in [5, 5.41) is 12.1. The second-order valence-corrected chi connectivity index (χ2v) is 7.96. The first kappa shape index (κ1) is 20.2. The maximum atomic E-state index is 13.3. The molecule has 0 radical (unpaired) electrons. The zero-order chi connectivity index (χ0) is 22.1. The molecule has 0 saturated carbocycles. The van der Waals surface area contributed by atoms with Crippen LogP contribution in [0.4, 0.5) is 0 Å². The lowest BCUT2D eigenvalue weighted by molar-refractivity contribution is 0.103. The summed E-state index contributed by atoms with van der Waals surface area (Å²) >= 11 is 6.00. The molecule has 3 heterocycles. The van der Waals surface area contributed by atoms with Crippen LogP contribution in [0.25, 0.3) is 10.9 Å². The van der Waals surface area contributed by atoms with E-state index in [1.807, 2.05) is 59.3 Å². The van der Waals surface area contributed by atoms with Gasteiger partial charge in [0.1, 0.15) is 6.10 Å². The predicted molar refractivity (Wildman–Crippen MR) is 123 cm³/mol. The molecule has 0 bridgehead atoms.